The van der Waals surface area contributed by atoms with E-state index in [0.29, 0.717) is 23.1 Å². The Kier molecular flexibility index (Phi) is 7.26. The molecular formula is C20H17F2N3O4. The van der Waals surface area contributed by atoms with Crippen molar-refractivity contribution in [2.45, 2.75) is 6.04 Å². The molecule has 2 aromatic carbocycles. The fourth-order valence-electron chi connectivity index (χ4n) is 2.33. The summed E-state index contributed by atoms with van der Waals surface area (Å²) in [6.07, 6.45) is 2.58. The minimum atomic E-state index is -1.29. The van der Waals surface area contributed by atoms with Gasteiger partial charge in [0, 0.05) is 17.7 Å². The maximum atomic E-state index is 13.8. The smallest absolute Gasteiger partial charge is 0.255 e. The Hall–Kier alpha value is -3.93. The first-order valence-electron chi connectivity index (χ1n) is 8.26. The minimum Gasteiger partial charge on any atom is -0.493 e. The molecule has 0 spiro atoms. The van der Waals surface area contributed by atoms with Crippen LogP contribution in [0.4, 0.5) is 8.78 Å². The number of carbonyl (C=O) groups is 2. The molecule has 0 aliphatic heterocycles. The Balaban J connectivity index is 2.09. The highest BCUT2D eigenvalue weighted by atomic mass is 19.1. The molecule has 2 rings (SSSR count). The lowest BCUT2D eigenvalue weighted by molar-refractivity contribution is -0.120. The minimum absolute atomic E-state index is 0.145. The SMILES string of the molecule is COc1cc(/C=C/C(=O)NC(C#N)c2ccc(F)cc2F)ccc1OCC(N)=O. The molecule has 0 radical (unpaired) electrons. The van der Waals surface area contributed by atoms with Crippen molar-refractivity contribution in [3.63, 3.8) is 0 Å². The van der Waals surface area contributed by atoms with Crippen molar-refractivity contribution in [1.82, 2.24) is 5.32 Å². The quantitative estimate of drug-likeness (QED) is 0.659. The maximum absolute atomic E-state index is 13.8. The molecule has 1 unspecified atom stereocenters. The standard InChI is InChI=1S/C20H17F2N3O4/c1-28-18-8-12(2-6-17(18)29-11-19(24)26)3-7-20(27)25-16(10-23)14-5-4-13(21)9-15(14)22/h2-9,16H,11H2,1H3,(H2,24,26)(H,25,27)/b7-3+. The second-order valence-electron chi connectivity index (χ2n) is 5.74. The van der Waals surface area contributed by atoms with Crippen LogP contribution in [0.2, 0.25) is 0 Å². The van der Waals surface area contributed by atoms with E-state index in [4.69, 9.17) is 15.2 Å². The molecule has 2 aromatic rings. The predicted octanol–water partition coefficient (Wildman–Crippen LogP) is 2.23. The van der Waals surface area contributed by atoms with E-state index in [0.717, 1.165) is 18.2 Å². The summed E-state index contributed by atoms with van der Waals surface area (Å²) in [6, 6.07) is 7.89. The summed E-state index contributed by atoms with van der Waals surface area (Å²) in [5.41, 5.74) is 5.44. The second-order valence-corrected chi connectivity index (χ2v) is 5.74. The lowest BCUT2D eigenvalue weighted by atomic mass is 10.1. The number of primary amides is 1. The Labute approximate surface area is 165 Å². The van der Waals surface area contributed by atoms with Gasteiger partial charge in [0.25, 0.3) is 5.91 Å². The lowest BCUT2D eigenvalue weighted by Crippen LogP contribution is -2.26. The number of nitriles is 1. The zero-order valence-corrected chi connectivity index (χ0v) is 15.3. The Morgan fingerprint density at radius 2 is 2.00 bits per heavy atom. The summed E-state index contributed by atoms with van der Waals surface area (Å²) >= 11 is 0. The normalized spacial score (nSPS) is 11.5. The molecule has 0 aliphatic carbocycles. The molecule has 0 aliphatic rings. The molecule has 0 heterocycles. The van der Waals surface area contributed by atoms with Gasteiger partial charge in [-0.05, 0) is 29.8 Å². The molecule has 2 amide bonds. The van der Waals surface area contributed by atoms with E-state index < -0.39 is 29.5 Å². The van der Waals surface area contributed by atoms with E-state index in [1.165, 1.54) is 19.3 Å². The molecule has 0 saturated carbocycles. The van der Waals surface area contributed by atoms with Gasteiger partial charge < -0.3 is 20.5 Å². The van der Waals surface area contributed by atoms with Crippen LogP contribution in [-0.2, 0) is 9.59 Å². The number of benzene rings is 2. The topological polar surface area (TPSA) is 114 Å². The van der Waals surface area contributed by atoms with Crippen molar-refractivity contribution < 1.29 is 27.8 Å². The zero-order chi connectivity index (χ0) is 21.4. The second kappa shape index (κ2) is 9.85. The summed E-state index contributed by atoms with van der Waals surface area (Å²) in [5.74, 6) is -2.41. The van der Waals surface area contributed by atoms with Crippen molar-refractivity contribution >= 4 is 17.9 Å². The number of rotatable bonds is 8. The van der Waals surface area contributed by atoms with Crippen molar-refractivity contribution in [2.24, 2.45) is 5.73 Å². The third-order valence-corrected chi connectivity index (χ3v) is 3.67. The van der Waals surface area contributed by atoms with Crippen LogP contribution in [0.25, 0.3) is 6.08 Å². The van der Waals surface area contributed by atoms with Gasteiger partial charge in [0.15, 0.2) is 18.1 Å². The predicted molar refractivity (Wildman–Crippen MR) is 99.6 cm³/mol. The first-order valence-corrected chi connectivity index (χ1v) is 8.26. The number of ether oxygens (including phenoxy) is 2. The van der Waals surface area contributed by atoms with E-state index in [1.54, 1.807) is 18.2 Å². The number of carbonyl (C=O) groups excluding carboxylic acids is 2. The number of halogens is 2. The summed E-state index contributed by atoms with van der Waals surface area (Å²) in [4.78, 5) is 22.9. The van der Waals surface area contributed by atoms with Gasteiger partial charge in [-0.15, -0.1) is 0 Å². The lowest BCUT2D eigenvalue weighted by Gasteiger charge is -2.11. The molecule has 29 heavy (non-hydrogen) atoms. The number of nitrogens with one attached hydrogen (secondary N) is 1. The number of hydrogen-bond acceptors (Lipinski definition) is 5. The van der Waals surface area contributed by atoms with Crippen LogP contribution < -0.4 is 20.5 Å². The highest BCUT2D eigenvalue weighted by Gasteiger charge is 2.17. The van der Waals surface area contributed by atoms with Crippen molar-refractivity contribution in [1.29, 1.82) is 5.26 Å². The van der Waals surface area contributed by atoms with Crippen LogP contribution in [0.5, 0.6) is 11.5 Å². The van der Waals surface area contributed by atoms with Crippen molar-refractivity contribution in [2.75, 3.05) is 13.7 Å². The monoisotopic (exact) mass is 401 g/mol. The van der Waals surface area contributed by atoms with Gasteiger partial charge in [0.1, 0.15) is 17.7 Å². The summed E-state index contributed by atoms with van der Waals surface area (Å²) in [6.45, 7) is -0.316. The summed E-state index contributed by atoms with van der Waals surface area (Å²) < 4.78 is 37.2. The van der Waals surface area contributed by atoms with E-state index in [2.05, 4.69) is 5.32 Å². The third kappa shape index (κ3) is 6.04. The molecule has 150 valence electrons. The fraction of sp³-hybridized carbons (Fsp3) is 0.150. The number of amides is 2. The molecule has 9 heteroatoms. The highest BCUT2D eigenvalue weighted by Crippen LogP contribution is 2.28. The van der Waals surface area contributed by atoms with Crippen LogP contribution in [-0.4, -0.2) is 25.5 Å². The first-order chi connectivity index (χ1) is 13.8. The number of nitrogens with zero attached hydrogens (tertiary/aromatic N) is 1. The molecule has 0 fully saturated rings. The molecular weight excluding hydrogens is 384 g/mol. The summed E-state index contributed by atoms with van der Waals surface area (Å²) in [5, 5.41) is 11.5. The Morgan fingerprint density at radius 1 is 1.24 bits per heavy atom. The van der Waals surface area contributed by atoms with Crippen LogP contribution in [0.15, 0.2) is 42.5 Å². The maximum Gasteiger partial charge on any atom is 0.255 e. The molecule has 1 atom stereocenters. The Bertz CT molecular complexity index is 986. The van der Waals surface area contributed by atoms with Gasteiger partial charge in [0.05, 0.1) is 13.2 Å². The fourth-order valence-corrected chi connectivity index (χ4v) is 2.33. The average Bonchev–Trinajstić information content (AvgIpc) is 2.69. The van der Waals surface area contributed by atoms with Crippen molar-refractivity contribution in [3.8, 4) is 17.6 Å². The van der Waals surface area contributed by atoms with E-state index in [1.807, 2.05) is 0 Å². The van der Waals surface area contributed by atoms with Crippen LogP contribution >= 0.6 is 0 Å². The van der Waals surface area contributed by atoms with Gasteiger partial charge in [-0.1, -0.05) is 12.1 Å². The van der Waals surface area contributed by atoms with Gasteiger partial charge in [-0.2, -0.15) is 5.26 Å². The van der Waals surface area contributed by atoms with E-state index in [-0.39, 0.29) is 12.2 Å². The number of methoxy groups -OCH3 is 1. The third-order valence-electron chi connectivity index (χ3n) is 3.67. The van der Waals surface area contributed by atoms with Gasteiger partial charge in [0.2, 0.25) is 5.91 Å². The van der Waals surface area contributed by atoms with Crippen LogP contribution in [0.3, 0.4) is 0 Å². The molecule has 7 nitrogen and oxygen atoms in total. The first kappa shape index (κ1) is 21.4. The number of hydrogen-bond donors (Lipinski definition) is 2. The largest absolute Gasteiger partial charge is 0.493 e. The van der Waals surface area contributed by atoms with E-state index in [9.17, 15) is 23.6 Å². The van der Waals surface area contributed by atoms with Crippen LogP contribution in [0, 0.1) is 23.0 Å². The van der Waals surface area contributed by atoms with E-state index >= 15 is 0 Å². The summed E-state index contributed by atoms with van der Waals surface area (Å²) in [7, 11) is 1.40. The van der Waals surface area contributed by atoms with Crippen molar-refractivity contribution in [3.05, 3.63) is 65.2 Å². The average molecular weight is 401 g/mol. The number of nitrogens with two attached hydrogens (primary N) is 1. The molecule has 3 N–H and O–H groups in total. The Morgan fingerprint density at radius 3 is 2.62 bits per heavy atom. The van der Waals surface area contributed by atoms with Gasteiger partial charge in [-0.3, -0.25) is 9.59 Å². The van der Waals surface area contributed by atoms with Crippen LogP contribution in [0.1, 0.15) is 17.2 Å². The molecule has 0 aromatic heterocycles. The zero-order valence-electron chi connectivity index (χ0n) is 15.3. The highest BCUT2D eigenvalue weighted by molar-refractivity contribution is 5.92. The van der Waals surface area contributed by atoms with Gasteiger partial charge >= 0.3 is 0 Å². The molecule has 0 saturated heterocycles. The molecule has 0 bridgehead atoms. The van der Waals surface area contributed by atoms with Gasteiger partial charge in [-0.25, -0.2) is 8.78 Å².